The Morgan fingerprint density at radius 2 is 2.00 bits per heavy atom. The minimum Gasteiger partial charge on any atom is -0.330 e. The molecule has 3 rings (SSSR count). The van der Waals surface area contributed by atoms with Gasteiger partial charge in [0.15, 0.2) is 0 Å². The van der Waals surface area contributed by atoms with E-state index in [0.717, 1.165) is 22.6 Å². The largest absolute Gasteiger partial charge is 0.330 e. The number of fused-ring (bicyclic) bond motifs is 1. The van der Waals surface area contributed by atoms with Crippen LogP contribution in [0.3, 0.4) is 0 Å². The van der Waals surface area contributed by atoms with Gasteiger partial charge in [-0.25, -0.2) is 15.0 Å². The molecule has 5 nitrogen and oxygen atoms in total. The van der Waals surface area contributed by atoms with Crippen molar-refractivity contribution in [3.63, 3.8) is 0 Å². The molecule has 96 valence electrons. The number of aryl methyl sites for hydroxylation is 1. The van der Waals surface area contributed by atoms with E-state index >= 15 is 0 Å². The van der Waals surface area contributed by atoms with Crippen molar-refractivity contribution >= 4 is 11.0 Å². The van der Waals surface area contributed by atoms with Crippen LogP contribution >= 0.6 is 0 Å². The number of hydrogen-bond donors (Lipinski definition) is 1. The zero-order valence-corrected chi connectivity index (χ0v) is 10.7. The Labute approximate surface area is 111 Å². The number of para-hydroxylation sites is 2. The van der Waals surface area contributed by atoms with Crippen LogP contribution in [0.1, 0.15) is 11.5 Å². The number of imidazole rings is 1. The van der Waals surface area contributed by atoms with Crippen molar-refractivity contribution in [3.05, 3.63) is 48.0 Å². The summed E-state index contributed by atoms with van der Waals surface area (Å²) < 4.78 is 1.98. The monoisotopic (exact) mass is 253 g/mol. The first-order valence-corrected chi connectivity index (χ1v) is 6.26. The molecule has 0 radical (unpaired) electrons. The van der Waals surface area contributed by atoms with Gasteiger partial charge in [0.2, 0.25) is 5.95 Å². The molecule has 19 heavy (non-hydrogen) atoms. The van der Waals surface area contributed by atoms with E-state index < -0.39 is 0 Å². The van der Waals surface area contributed by atoms with Crippen LogP contribution in [-0.2, 0) is 6.42 Å². The highest BCUT2D eigenvalue weighted by Crippen LogP contribution is 2.19. The predicted molar refractivity (Wildman–Crippen MR) is 74.2 cm³/mol. The van der Waals surface area contributed by atoms with E-state index in [1.54, 1.807) is 6.20 Å². The molecular weight excluding hydrogens is 238 g/mol. The Kier molecular flexibility index (Phi) is 2.97. The number of benzene rings is 1. The molecule has 2 heterocycles. The average Bonchev–Trinajstić information content (AvgIpc) is 2.77. The molecule has 3 aromatic rings. The van der Waals surface area contributed by atoms with E-state index in [-0.39, 0.29) is 0 Å². The Morgan fingerprint density at radius 3 is 2.79 bits per heavy atom. The lowest BCUT2D eigenvalue weighted by molar-refractivity contribution is 0.811. The maximum Gasteiger partial charge on any atom is 0.235 e. The summed E-state index contributed by atoms with van der Waals surface area (Å²) in [6.07, 6.45) is 2.46. The Balaban J connectivity index is 2.28. The SMILES string of the molecule is Cc1ccnc(-n2c(CCN)nc3ccccc32)n1. The topological polar surface area (TPSA) is 69.6 Å². The number of nitrogens with zero attached hydrogens (tertiary/aromatic N) is 4. The van der Waals surface area contributed by atoms with Gasteiger partial charge in [0.1, 0.15) is 5.82 Å². The first kappa shape index (κ1) is 11.8. The summed E-state index contributed by atoms with van der Waals surface area (Å²) in [5.41, 5.74) is 8.55. The summed E-state index contributed by atoms with van der Waals surface area (Å²) >= 11 is 0. The molecule has 0 aliphatic carbocycles. The number of hydrogen-bond acceptors (Lipinski definition) is 4. The number of nitrogens with two attached hydrogens (primary N) is 1. The lowest BCUT2D eigenvalue weighted by Crippen LogP contribution is -2.11. The second-order valence-electron chi connectivity index (χ2n) is 4.39. The molecular formula is C14H15N5. The predicted octanol–water partition coefficient (Wildman–Crippen LogP) is 1.63. The highest BCUT2D eigenvalue weighted by atomic mass is 15.2. The normalized spacial score (nSPS) is 11.1. The third-order valence-electron chi connectivity index (χ3n) is 2.98. The molecule has 0 aliphatic rings. The maximum absolute atomic E-state index is 5.67. The highest BCUT2D eigenvalue weighted by molar-refractivity contribution is 5.77. The molecule has 2 aromatic heterocycles. The molecule has 0 saturated heterocycles. The zero-order valence-electron chi connectivity index (χ0n) is 10.7. The van der Waals surface area contributed by atoms with Gasteiger partial charge >= 0.3 is 0 Å². The van der Waals surface area contributed by atoms with Gasteiger partial charge in [0.25, 0.3) is 0 Å². The Morgan fingerprint density at radius 1 is 1.16 bits per heavy atom. The van der Waals surface area contributed by atoms with Crippen LogP contribution in [0.15, 0.2) is 36.5 Å². The van der Waals surface area contributed by atoms with E-state index in [2.05, 4.69) is 15.0 Å². The summed E-state index contributed by atoms with van der Waals surface area (Å²) in [6.45, 7) is 2.50. The van der Waals surface area contributed by atoms with E-state index in [0.29, 0.717) is 18.9 Å². The zero-order chi connectivity index (χ0) is 13.2. The molecule has 5 heteroatoms. The van der Waals surface area contributed by atoms with Crippen LogP contribution in [0.4, 0.5) is 0 Å². The van der Waals surface area contributed by atoms with Crippen LogP contribution in [0.5, 0.6) is 0 Å². The number of aromatic nitrogens is 4. The van der Waals surface area contributed by atoms with E-state index in [1.807, 2.05) is 41.8 Å². The van der Waals surface area contributed by atoms with Crippen molar-refractivity contribution in [2.45, 2.75) is 13.3 Å². The third kappa shape index (κ3) is 2.08. The standard InChI is InChI=1S/C14H15N5/c1-10-7-9-16-14(17-10)19-12-5-3-2-4-11(12)18-13(19)6-8-15/h2-5,7,9H,6,8,15H2,1H3. The van der Waals surface area contributed by atoms with Crippen LogP contribution in [0.2, 0.25) is 0 Å². The van der Waals surface area contributed by atoms with Crippen molar-refractivity contribution in [2.75, 3.05) is 6.54 Å². The van der Waals surface area contributed by atoms with E-state index in [1.165, 1.54) is 0 Å². The third-order valence-corrected chi connectivity index (χ3v) is 2.98. The van der Waals surface area contributed by atoms with Gasteiger partial charge in [-0.05, 0) is 31.7 Å². The van der Waals surface area contributed by atoms with Crippen LogP contribution < -0.4 is 5.73 Å². The lowest BCUT2D eigenvalue weighted by atomic mass is 10.3. The molecule has 0 saturated carbocycles. The fourth-order valence-electron chi connectivity index (χ4n) is 2.14. The second-order valence-corrected chi connectivity index (χ2v) is 4.39. The highest BCUT2D eigenvalue weighted by Gasteiger charge is 2.13. The van der Waals surface area contributed by atoms with Crippen LogP contribution in [-0.4, -0.2) is 26.1 Å². The summed E-state index contributed by atoms with van der Waals surface area (Å²) in [5.74, 6) is 1.55. The van der Waals surface area contributed by atoms with Crippen molar-refractivity contribution in [1.29, 1.82) is 0 Å². The van der Waals surface area contributed by atoms with Gasteiger partial charge in [-0.1, -0.05) is 12.1 Å². The molecule has 0 unspecified atom stereocenters. The summed E-state index contributed by atoms with van der Waals surface area (Å²) in [4.78, 5) is 13.4. The van der Waals surface area contributed by atoms with Crippen molar-refractivity contribution in [3.8, 4) is 5.95 Å². The van der Waals surface area contributed by atoms with Gasteiger partial charge < -0.3 is 5.73 Å². The second kappa shape index (κ2) is 4.78. The quantitative estimate of drug-likeness (QED) is 0.770. The fourth-order valence-corrected chi connectivity index (χ4v) is 2.14. The van der Waals surface area contributed by atoms with Crippen LogP contribution in [0.25, 0.3) is 17.0 Å². The molecule has 0 spiro atoms. The molecule has 0 fully saturated rings. The van der Waals surface area contributed by atoms with Crippen molar-refractivity contribution < 1.29 is 0 Å². The summed E-state index contributed by atoms with van der Waals surface area (Å²) in [6, 6.07) is 9.85. The Hall–Kier alpha value is -2.27. The summed E-state index contributed by atoms with van der Waals surface area (Å²) in [5, 5.41) is 0. The van der Waals surface area contributed by atoms with Gasteiger partial charge in [-0.15, -0.1) is 0 Å². The van der Waals surface area contributed by atoms with Gasteiger partial charge in [0.05, 0.1) is 11.0 Å². The molecule has 0 amide bonds. The van der Waals surface area contributed by atoms with E-state index in [4.69, 9.17) is 5.73 Å². The average molecular weight is 253 g/mol. The minimum absolute atomic E-state index is 0.551. The molecule has 0 atom stereocenters. The van der Waals surface area contributed by atoms with E-state index in [9.17, 15) is 0 Å². The molecule has 0 bridgehead atoms. The van der Waals surface area contributed by atoms with Gasteiger partial charge in [-0.2, -0.15) is 0 Å². The molecule has 1 aromatic carbocycles. The fraction of sp³-hybridized carbons (Fsp3) is 0.214. The number of rotatable bonds is 3. The minimum atomic E-state index is 0.551. The lowest BCUT2D eigenvalue weighted by Gasteiger charge is -2.06. The van der Waals surface area contributed by atoms with Gasteiger partial charge in [-0.3, -0.25) is 4.57 Å². The van der Waals surface area contributed by atoms with Crippen molar-refractivity contribution in [2.24, 2.45) is 5.73 Å². The first-order chi connectivity index (χ1) is 9.29. The maximum atomic E-state index is 5.67. The smallest absolute Gasteiger partial charge is 0.235 e. The van der Waals surface area contributed by atoms with Gasteiger partial charge in [0, 0.05) is 18.3 Å². The summed E-state index contributed by atoms with van der Waals surface area (Å²) in [7, 11) is 0. The first-order valence-electron chi connectivity index (χ1n) is 6.26. The Bertz CT molecular complexity index is 717. The molecule has 0 aliphatic heterocycles. The van der Waals surface area contributed by atoms with Crippen molar-refractivity contribution in [1.82, 2.24) is 19.5 Å². The van der Waals surface area contributed by atoms with Crippen LogP contribution in [0, 0.1) is 6.92 Å². The molecule has 2 N–H and O–H groups in total.